The van der Waals surface area contributed by atoms with Gasteiger partial charge in [-0.1, -0.05) is 35.9 Å². The molecule has 1 aliphatic rings. The lowest BCUT2D eigenvalue weighted by atomic mass is 10.0. The highest BCUT2D eigenvalue weighted by molar-refractivity contribution is 6.31. The van der Waals surface area contributed by atoms with Crippen molar-refractivity contribution < 1.29 is 23.4 Å². The van der Waals surface area contributed by atoms with Crippen molar-refractivity contribution in [3.05, 3.63) is 82.6 Å². The molecule has 0 spiro atoms. The first-order chi connectivity index (χ1) is 16.0. The Morgan fingerprint density at radius 3 is 2.82 bits per heavy atom. The maximum absolute atomic E-state index is 13.3. The van der Waals surface area contributed by atoms with Gasteiger partial charge in [-0.15, -0.1) is 0 Å². The first-order valence-electron chi connectivity index (χ1n) is 10.5. The van der Waals surface area contributed by atoms with Crippen LogP contribution in [0.1, 0.15) is 23.6 Å². The molecule has 4 rings (SSSR count). The summed E-state index contributed by atoms with van der Waals surface area (Å²) in [6.07, 6.45) is 0.893. The second-order valence-electron chi connectivity index (χ2n) is 7.56. The van der Waals surface area contributed by atoms with Crippen molar-refractivity contribution >= 4 is 23.2 Å². The maximum atomic E-state index is 13.3. The summed E-state index contributed by atoms with van der Waals surface area (Å²) in [6, 6.07) is 17.8. The number of nitrogens with one attached hydrogen (secondary N) is 2. The fourth-order valence-corrected chi connectivity index (χ4v) is 3.83. The number of rotatable bonds is 8. The van der Waals surface area contributed by atoms with E-state index in [-0.39, 0.29) is 17.7 Å². The standard InChI is InChI=1S/C25H24ClFN2O4/c1-31-24-12-16(14-28-21-10-11-32-22-5-3-2-4-18(21)22)6-9-23(24)33-15-25(30)29-17-7-8-20(27)19(26)13-17/h2-9,12-13,21,28H,10-11,14-15H2,1H3,(H,29,30). The number of methoxy groups -OCH3 is 1. The number of benzene rings is 3. The highest BCUT2D eigenvalue weighted by Gasteiger charge is 2.20. The molecule has 0 saturated heterocycles. The minimum absolute atomic E-state index is 0.0659. The van der Waals surface area contributed by atoms with E-state index in [1.54, 1.807) is 13.2 Å². The van der Waals surface area contributed by atoms with Gasteiger partial charge in [-0.25, -0.2) is 4.39 Å². The summed E-state index contributed by atoms with van der Waals surface area (Å²) in [5.74, 6) is 0.947. The van der Waals surface area contributed by atoms with Crippen molar-refractivity contribution in [2.45, 2.75) is 19.0 Å². The number of hydrogen-bond acceptors (Lipinski definition) is 5. The fourth-order valence-electron chi connectivity index (χ4n) is 3.65. The summed E-state index contributed by atoms with van der Waals surface area (Å²) in [7, 11) is 1.55. The first kappa shape index (κ1) is 22.9. The van der Waals surface area contributed by atoms with Gasteiger partial charge in [0.15, 0.2) is 18.1 Å². The third-order valence-corrected chi connectivity index (χ3v) is 5.59. The number of para-hydroxylation sites is 1. The Morgan fingerprint density at radius 1 is 1.15 bits per heavy atom. The molecule has 1 amide bonds. The molecule has 0 aromatic heterocycles. The molecule has 0 fully saturated rings. The monoisotopic (exact) mass is 470 g/mol. The molecular formula is C25H24ClFN2O4. The largest absolute Gasteiger partial charge is 0.493 e. The Balaban J connectivity index is 1.34. The van der Waals surface area contributed by atoms with Crippen molar-refractivity contribution in [3.8, 4) is 17.2 Å². The molecule has 33 heavy (non-hydrogen) atoms. The van der Waals surface area contributed by atoms with Crippen LogP contribution in [0.5, 0.6) is 17.2 Å². The van der Waals surface area contributed by atoms with Gasteiger partial charge in [-0.3, -0.25) is 4.79 Å². The molecule has 6 nitrogen and oxygen atoms in total. The highest BCUT2D eigenvalue weighted by Crippen LogP contribution is 2.32. The molecular weight excluding hydrogens is 447 g/mol. The number of fused-ring (bicyclic) bond motifs is 1. The van der Waals surface area contributed by atoms with Crippen LogP contribution in [0.4, 0.5) is 10.1 Å². The zero-order valence-electron chi connectivity index (χ0n) is 18.1. The molecule has 8 heteroatoms. The molecule has 2 N–H and O–H groups in total. The zero-order chi connectivity index (χ0) is 23.2. The number of hydrogen-bond donors (Lipinski definition) is 2. The lowest BCUT2D eigenvalue weighted by Gasteiger charge is -2.27. The smallest absolute Gasteiger partial charge is 0.262 e. The van der Waals surface area contributed by atoms with E-state index in [0.29, 0.717) is 30.3 Å². The quantitative estimate of drug-likeness (QED) is 0.478. The van der Waals surface area contributed by atoms with E-state index in [2.05, 4.69) is 16.7 Å². The molecule has 0 saturated carbocycles. The molecule has 0 bridgehead atoms. The molecule has 1 unspecified atom stereocenters. The second-order valence-corrected chi connectivity index (χ2v) is 7.97. The fraction of sp³-hybridized carbons (Fsp3) is 0.240. The summed E-state index contributed by atoms with van der Waals surface area (Å²) in [6.45, 7) is 1.08. The van der Waals surface area contributed by atoms with Gasteiger partial charge in [0.2, 0.25) is 0 Å². The number of ether oxygens (including phenoxy) is 3. The summed E-state index contributed by atoms with van der Waals surface area (Å²) in [5, 5.41) is 6.12. The van der Waals surface area contributed by atoms with E-state index in [1.807, 2.05) is 30.3 Å². The molecule has 3 aromatic carbocycles. The molecule has 1 atom stereocenters. The van der Waals surface area contributed by atoms with E-state index in [4.69, 9.17) is 25.8 Å². The zero-order valence-corrected chi connectivity index (χ0v) is 18.8. The summed E-state index contributed by atoms with van der Waals surface area (Å²) < 4.78 is 30.1. The lowest BCUT2D eigenvalue weighted by molar-refractivity contribution is -0.118. The van der Waals surface area contributed by atoms with Crippen LogP contribution in [-0.4, -0.2) is 26.2 Å². The van der Waals surface area contributed by atoms with Gasteiger partial charge in [-0.2, -0.15) is 0 Å². The van der Waals surface area contributed by atoms with E-state index < -0.39 is 11.7 Å². The Morgan fingerprint density at radius 2 is 2.00 bits per heavy atom. The third kappa shape index (κ3) is 5.74. The van der Waals surface area contributed by atoms with Crippen LogP contribution in [0.3, 0.4) is 0 Å². The van der Waals surface area contributed by atoms with Crippen LogP contribution < -0.4 is 24.8 Å². The van der Waals surface area contributed by atoms with Crippen LogP contribution in [-0.2, 0) is 11.3 Å². The Bertz CT molecular complexity index is 1140. The van der Waals surface area contributed by atoms with E-state index in [9.17, 15) is 9.18 Å². The average Bonchev–Trinajstić information content (AvgIpc) is 2.84. The van der Waals surface area contributed by atoms with E-state index in [1.165, 1.54) is 18.2 Å². The number of amides is 1. The van der Waals surface area contributed by atoms with Gasteiger partial charge in [-0.05, 0) is 42.0 Å². The van der Waals surface area contributed by atoms with Crippen molar-refractivity contribution in [2.24, 2.45) is 0 Å². The third-order valence-electron chi connectivity index (χ3n) is 5.30. The lowest BCUT2D eigenvalue weighted by Crippen LogP contribution is -2.26. The SMILES string of the molecule is COc1cc(CNC2CCOc3ccccc32)ccc1OCC(=O)Nc1ccc(F)c(Cl)c1. The van der Waals surface area contributed by atoms with Crippen molar-refractivity contribution in [1.82, 2.24) is 5.32 Å². The first-order valence-corrected chi connectivity index (χ1v) is 10.9. The van der Waals surface area contributed by atoms with Crippen molar-refractivity contribution in [2.75, 3.05) is 25.6 Å². The number of carbonyl (C=O) groups excluding carboxylic acids is 1. The van der Waals surface area contributed by atoms with Gasteiger partial charge in [0, 0.05) is 30.3 Å². The minimum atomic E-state index is -0.550. The van der Waals surface area contributed by atoms with Crippen LogP contribution in [0.25, 0.3) is 0 Å². The van der Waals surface area contributed by atoms with Gasteiger partial charge < -0.3 is 24.8 Å². The number of anilines is 1. The molecule has 0 radical (unpaired) electrons. The molecule has 3 aromatic rings. The van der Waals surface area contributed by atoms with Gasteiger partial charge >= 0.3 is 0 Å². The van der Waals surface area contributed by atoms with Crippen LogP contribution >= 0.6 is 11.6 Å². The van der Waals surface area contributed by atoms with E-state index >= 15 is 0 Å². The van der Waals surface area contributed by atoms with Crippen molar-refractivity contribution in [3.63, 3.8) is 0 Å². The normalized spacial score (nSPS) is 14.7. The molecule has 0 aliphatic carbocycles. The predicted octanol–water partition coefficient (Wildman–Crippen LogP) is 5.12. The van der Waals surface area contributed by atoms with Gasteiger partial charge in [0.1, 0.15) is 11.6 Å². The Hall–Kier alpha value is -3.29. The molecule has 1 aliphatic heterocycles. The van der Waals surface area contributed by atoms with Crippen molar-refractivity contribution in [1.29, 1.82) is 0 Å². The summed E-state index contributed by atoms with van der Waals surface area (Å²) >= 11 is 5.74. The van der Waals surface area contributed by atoms with Gasteiger partial charge in [0.25, 0.3) is 5.91 Å². The van der Waals surface area contributed by atoms with Crippen LogP contribution in [0.2, 0.25) is 5.02 Å². The topological polar surface area (TPSA) is 68.8 Å². The molecule has 172 valence electrons. The minimum Gasteiger partial charge on any atom is -0.493 e. The van der Waals surface area contributed by atoms with E-state index in [0.717, 1.165) is 23.3 Å². The van der Waals surface area contributed by atoms with Crippen LogP contribution in [0.15, 0.2) is 60.7 Å². The second kappa shape index (κ2) is 10.6. The average molecular weight is 471 g/mol. The maximum Gasteiger partial charge on any atom is 0.262 e. The number of carbonyl (C=O) groups is 1. The highest BCUT2D eigenvalue weighted by atomic mass is 35.5. The Labute approximate surface area is 196 Å². The number of halogens is 2. The van der Waals surface area contributed by atoms with Crippen LogP contribution in [0, 0.1) is 5.82 Å². The Kier molecular flexibility index (Phi) is 7.32. The summed E-state index contributed by atoms with van der Waals surface area (Å²) in [4.78, 5) is 12.2. The summed E-state index contributed by atoms with van der Waals surface area (Å²) in [5.41, 5.74) is 2.57. The molecule has 1 heterocycles. The van der Waals surface area contributed by atoms with Gasteiger partial charge in [0.05, 0.1) is 18.7 Å². The predicted molar refractivity (Wildman–Crippen MR) is 125 cm³/mol.